The summed E-state index contributed by atoms with van der Waals surface area (Å²) in [5.41, 5.74) is 4.27. The van der Waals surface area contributed by atoms with Gasteiger partial charge in [-0.3, -0.25) is 14.3 Å². The number of hydrogen-bond acceptors (Lipinski definition) is 6. The van der Waals surface area contributed by atoms with Gasteiger partial charge in [-0.15, -0.1) is 10.2 Å². The predicted octanol–water partition coefficient (Wildman–Crippen LogP) is 5.13. The lowest BCUT2D eigenvalue weighted by atomic mass is 10.2. The first-order valence-corrected chi connectivity index (χ1v) is 11.7. The van der Waals surface area contributed by atoms with Crippen molar-refractivity contribution in [2.75, 3.05) is 5.75 Å². The Kier molecular flexibility index (Phi) is 7.48. The van der Waals surface area contributed by atoms with Crippen molar-refractivity contribution in [2.24, 2.45) is 5.10 Å². The third kappa shape index (κ3) is 5.84. The minimum atomic E-state index is -0.440. The molecule has 0 radical (unpaired) electrons. The molecule has 0 bridgehead atoms. The van der Waals surface area contributed by atoms with Crippen molar-refractivity contribution in [3.63, 3.8) is 0 Å². The van der Waals surface area contributed by atoms with Crippen molar-refractivity contribution >= 4 is 51.4 Å². The molecule has 0 atom stereocenters. The highest BCUT2D eigenvalue weighted by Crippen LogP contribution is 2.28. The number of rotatable bonds is 7. The molecular formula is C22H15BrClFN6OS. The molecule has 0 saturated carbocycles. The second kappa shape index (κ2) is 10.7. The lowest BCUT2D eigenvalue weighted by Crippen LogP contribution is -2.20. The number of pyridine rings is 1. The van der Waals surface area contributed by atoms with Gasteiger partial charge in [0.05, 0.1) is 12.0 Å². The topological polar surface area (TPSA) is 85.1 Å². The number of benzene rings is 2. The number of nitrogens with zero attached hydrogens (tertiary/aromatic N) is 5. The van der Waals surface area contributed by atoms with E-state index in [1.807, 2.05) is 28.8 Å². The van der Waals surface area contributed by atoms with Crippen LogP contribution in [0.3, 0.4) is 0 Å². The van der Waals surface area contributed by atoms with Crippen LogP contribution in [-0.4, -0.2) is 37.6 Å². The Morgan fingerprint density at radius 1 is 1.15 bits per heavy atom. The third-order valence-corrected chi connectivity index (χ3v) is 6.01. The largest absolute Gasteiger partial charge is 0.272 e. The summed E-state index contributed by atoms with van der Waals surface area (Å²) < 4.78 is 16.3. The monoisotopic (exact) mass is 544 g/mol. The van der Waals surface area contributed by atoms with Gasteiger partial charge in [-0.2, -0.15) is 5.10 Å². The van der Waals surface area contributed by atoms with E-state index < -0.39 is 5.82 Å². The molecule has 0 saturated heterocycles. The molecule has 1 N–H and O–H groups in total. The fourth-order valence-electron chi connectivity index (χ4n) is 2.82. The van der Waals surface area contributed by atoms with Crippen molar-refractivity contribution < 1.29 is 9.18 Å². The number of halogens is 3. The van der Waals surface area contributed by atoms with Crippen LogP contribution in [0.1, 0.15) is 5.56 Å². The van der Waals surface area contributed by atoms with Gasteiger partial charge in [0, 0.05) is 38.7 Å². The van der Waals surface area contributed by atoms with Crippen LogP contribution in [0.15, 0.2) is 81.7 Å². The quantitative estimate of drug-likeness (QED) is 0.198. The number of carbonyl (C=O) groups is 1. The van der Waals surface area contributed by atoms with Crippen LogP contribution >= 0.6 is 39.3 Å². The van der Waals surface area contributed by atoms with Crippen molar-refractivity contribution in [2.45, 2.75) is 5.16 Å². The van der Waals surface area contributed by atoms with E-state index >= 15 is 0 Å². The molecule has 33 heavy (non-hydrogen) atoms. The average Bonchev–Trinajstić information content (AvgIpc) is 3.25. The lowest BCUT2D eigenvalue weighted by Gasteiger charge is -2.10. The van der Waals surface area contributed by atoms with Gasteiger partial charge in [-0.05, 0) is 54.6 Å². The van der Waals surface area contributed by atoms with Crippen molar-refractivity contribution in [3.05, 3.63) is 87.9 Å². The second-order valence-corrected chi connectivity index (χ2v) is 8.90. The number of amides is 1. The summed E-state index contributed by atoms with van der Waals surface area (Å²) >= 11 is 10.5. The molecule has 1 amide bonds. The van der Waals surface area contributed by atoms with E-state index in [-0.39, 0.29) is 17.2 Å². The van der Waals surface area contributed by atoms with E-state index in [0.29, 0.717) is 20.5 Å². The lowest BCUT2D eigenvalue weighted by molar-refractivity contribution is -0.118. The van der Waals surface area contributed by atoms with Crippen molar-refractivity contribution in [1.29, 1.82) is 0 Å². The van der Waals surface area contributed by atoms with Gasteiger partial charge in [0.1, 0.15) is 5.82 Å². The molecule has 0 aliphatic heterocycles. The van der Waals surface area contributed by atoms with E-state index in [9.17, 15) is 9.18 Å². The predicted molar refractivity (Wildman–Crippen MR) is 130 cm³/mol. The zero-order valence-electron chi connectivity index (χ0n) is 16.8. The van der Waals surface area contributed by atoms with Gasteiger partial charge in [0.25, 0.3) is 5.91 Å². The maximum Gasteiger partial charge on any atom is 0.250 e. The molecule has 7 nitrogen and oxygen atoms in total. The van der Waals surface area contributed by atoms with Crippen LogP contribution in [0, 0.1) is 5.82 Å². The third-order valence-electron chi connectivity index (χ3n) is 4.34. The fraction of sp³-hybridized carbons (Fsp3) is 0.0455. The molecule has 0 fully saturated rings. The molecule has 4 aromatic rings. The standard InChI is InChI=1S/C22H15BrClFN6OS/c23-16-1-6-19(25)15(11-16)12-27-28-20(32)13-33-22-30-29-21(14-7-9-26-10-8-14)31(22)18-4-2-17(24)3-5-18/h1-12H,13H2,(H,28,32). The summed E-state index contributed by atoms with van der Waals surface area (Å²) in [5, 5.41) is 13.5. The smallest absolute Gasteiger partial charge is 0.250 e. The molecule has 11 heteroatoms. The zero-order valence-corrected chi connectivity index (χ0v) is 20.0. The Hall–Kier alpha value is -3.08. The second-order valence-electron chi connectivity index (χ2n) is 6.60. The van der Waals surface area contributed by atoms with Gasteiger partial charge in [-0.25, -0.2) is 9.82 Å². The molecular weight excluding hydrogens is 531 g/mol. The van der Waals surface area contributed by atoms with Crippen LogP contribution < -0.4 is 5.43 Å². The van der Waals surface area contributed by atoms with Crippen LogP contribution in [0.4, 0.5) is 4.39 Å². The first-order chi connectivity index (χ1) is 16.0. The van der Waals surface area contributed by atoms with E-state index in [0.717, 1.165) is 11.3 Å². The minimum absolute atomic E-state index is 0.0281. The molecule has 2 heterocycles. The average molecular weight is 546 g/mol. The fourth-order valence-corrected chi connectivity index (χ4v) is 4.07. The van der Waals surface area contributed by atoms with Crippen molar-refractivity contribution in [1.82, 2.24) is 25.2 Å². The van der Waals surface area contributed by atoms with Gasteiger partial charge >= 0.3 is 0 Å². The minimum Gasteiger partial charge on any atom is -0.272 e. The normalized spacial score (nSPS) is 11.1. The molecule has 166 valence electrons. The maximum atomic E-state index is 13.8. The van der Waals surface area contributed by atoms with Crippen LogP contribution in [0.5, 0.6) is 0 Å². The van der Waals surface area contributed by atoms with Gasteiger partial charge in [0.15, 0.2) is 11.0 Å². The number of hydrogen-bond donors (Lipinski definition) is 1. The Labute approximate surface area is 206 Å². The summed E-state index contributed by atoms with van der Waals surface area (Å²) in [4.78, 5) is 16.3. The molecule has 4 rings (SSSR count). The number of hydrazone groups is 1. The Balaban J connectivity index is 1.50. The van der Waals surface area contributed by atoms with Gasteiger partial charge in [-0.1, -0.05) is 39.3 Å². The molecule has 0 aliphatic rings. The number of thioether (sulfide) groups is 1. The molecule has 0 unspecified atom stereocenters. The Morgan fingerprint density at radius 2 is 1.91 bits per heavy atom. The zero-order chi connectivity index (χ0) is 23.2. The van der Waals surface area contributed by atoms with E-state index in [2.05, 4.69) is 41.6 Å². The summed E-state index contributed by atoms with van der Waals surface area (Å²) in [6.45, 7) is 0. The number of nitrogens with one attached hydrogen (secondary N) is 1. The summed E-state index contributed by atoms with van der Waals surface area (Å²) in [7, 11) is 0. The van der Waals surface area contributed by atoms with Gasteiger partial charge < -0.3 is 0 Å². The van der Waals surface area contributed by atoms with Crippen LogP contribution in [-0.2, 0) is 4.79 Å². The summed E-state index contributed by atoms with van der Waals surface area (Å²) in [6, 6.07) is 15.3. The van der Waals surface area contributed by atoms with Crippen LogP contribution in [0.2, 0.25) is 5.02 Å². The molecule has 0 aliphatic carbocycles. The molecule has 2 aromatic heterocycles. The highest BCUT2D eigenvalue weighted by Gasteiger charge is 2.17. The SMILES string of the molecule is O=C(CSc1nnc(-c2ccncc2)n1-c1ccc(Cl)cc1)NN=Cc1cc(Br)ccc1F. The number of carbonyl (C=O) groups excluding carboxylic acids is 1. The molecule has 0 spiro atoms. The van der Waals surface area contributed by atoms with E-state index in [1.165, 1.54) is 24.0 Å². The van der Waals surface area contributed by atoms with Crippen molar-refractivity contribution in [3.8, 4) is 17.1 Å². The Bertz CT molecular complexity index is 1300. The number of aromatic nitrogens is 4. The molecule has 2 aromatic carbocycles. The maximum absolute atomic E-state index is 13.8. The highest BCUT2D eigenvalue weighted by atomic mass is 79.9. The Morgan fingerprint density at radius 3 is 2.67 bits per heavy atom. The van der Waals surface area contributed by atoms with Gasteiger partial charge in [0.2, 0.25) is 0 Å². The summed E-state index contributed by atoms with van der Waals surface area (Å²) in [6.07, 6.45) is 4.59. The first-order valence-electron chi connectivity index (χ1n) is 9.53. The summed E-state index contributed by atoms with van der Waals surface area (Å²) in [5.74, 6) is -0.181. The van der Waals surface area contributed by atoms with E-state index in [1.54, 1.807) is 36.7 Å². The first kappa shape index (κ1) is 23.1. The highest BCUT2D eigenvalue weighted by molar-refractivity contribution is 9.10. The van der Waals surface area contributed by atoms with E-state index in [4.69, 9.17) is 11.6 Å². The van der Waals surface area contributed by atoms with Crippen LogP contribution in [0.25, 0.3) is 17.1 Å².